The minimum absolute atomic E-state index is 0.0268. The van der Waals surface area contributed by atoms with E-state index >= 15 is 0 Å². The molecule has 0 aromatic heterocycles. The fourth-order valence-electron chi connectivity index (χ4n) is 2.81. The SMILES string of the molecule is CCN(CC)C(=O)C(c1ccccc1)S(=O)C1CCOCC1. The van der Waals surface area contributed by atoms with Crippen molar-refractivity contribution in [3.8, 4) is 0 Å². The van der Waals surface area contributed by atoms with E-state index < -0.39 is 16.0 Å². The molecule has 5 heteroatoms. The summed E-state index contributed by atoms with van der Waals surface area (Å²) >= 11 is 0. The Balaban J connectivity index is 2.28. The van der Waals surface area contributed by atoms with Gasteiger partial charge in [0, 0.05) is 42.4 Å². The van der Waals surface area contributed by atoms with Gasteiger partial charge in [-0.2, -0.15) is 0 Å². The number of likely N-dealkylation sites (N-methyl/N-ethyl adjacent to an activating group) is 1. The number of benzene rings is 1. The monoisotopic (exact) mass is 323 g/mol. The highest BCUT2D eigenvalue weighted by Gasteiger charge is 2.35. The van der Waals surface area contributed by atoms with Crippen LogP contribution in [0.2, 0.25) is 0 Å². The fourth-order valence-corrected chi connectivity index (χ4v) is 4.62. The summed E-state index contributed by atoms with van der Waals surface area (Å²) in [5, 5.41) is -0.525. The number of ether oxygens (including phenoxy) is 1. The molecular weight excluding hydrogens is 298 g/mol. The Bertz CT molecular complexity index is 496. The van der Waals surface area contributed by atoms with Crippen LogP contribution in [0.1, 0.15) is 37.5 Å². The first kappa shape index (κ1) is 17.2. The molecule has 1 aliphatic rings. The molecule has 0 spiro atoms. The molecule has 0 saturated carbocycles. The highest BCUT2D eigenvalue weighted by Crippen LogP contribution is 2.28. The quantitative estimate of drug-likeness (QED) is 0.808. The van der Waals surface area contributed by atoms with E-state index in [-0.39, 0.29) is 11.2 Å². The third-order valence-electron chi connectivity index (χ3n) is 4.13. The Hall–Kier alpha value is -1.20. The van der Waals surface area contributed by atoms with Crippen molar-refractivity contribution in [3.05, 3.63) is 35.9 Å². The Labute approximate surface area is 135 Å². The molecule has 0 radical (unpaired) electrons. The molecule has 1 amide bonds. The van der Waals surface area contributed by atoms with Gasteiger partial charge in [0.25, 0.3) is 0 Å². The second kappa shape index (κ2) is 8.44. The van der Waals surface area contributed by atoms with E-state index in [4.69, 9.17) is 4.74 Å². The summed E-state index contributed by atoms with van der Waals surface area (Å²) in [6, 6.07) is 9.53. The van der Waals surface area contributed by atoms with E-state index in [1.165, 1.54) is 0 Å². The van der Waals surface area contributed by atoms with Gasteiger partial charge in [-0.15, -0.1) is 0 Å². The third-order valence-corrected chi connectivity index (χ3v) is 6.20. The zero-order valence-corrected chi connectivity index (χ0v) is 14.2. The van der Waals surface area contributed by atoms with Gasteiger partial charge in [0.05, 0.1) is 0 Å². The molecule has 0 aliphatic carbocycles. The number of rotatable bonds is 6. The van der Waals surface area contributed by atoms with Gasteiger partial charge in [-0.1, -0.05) is 30.3 Å². The summed E-state index contributed by atoms with van der Waals surface area (Å²) in [7, 11) is -1.22. The molecule has 1 aromatic carbocycles. The lowest BCUT2D eigenvalue weighted by Gasteiger charge is -2.29. The number of carbonyl (C=O) groups excluding carboxylic acids is 1. The fraction of sp³-hybridized carbons (Fsp3) is 0.588. The van der Waals surface area contributed by atoms with Crippen molar-refractivity contribution in [2.24, 2.45) is 0 Å². The highest BCUT2D eigenvalue weighted by molar-refractivity contribution is 7.86. The number of carbonyl (C=O) groups is 1. The van der Waals surface area contributed by atoms with Crippen molar-refractivity contribution in [3.63, 3.8) is 0 Å². The Morgan fingerprint density at radius 3 is 2.36 bits per heavy atom. The maximum Gasteiger partial charge on any atom is 0.242 e. The second-order valence-electron chi connectivity index (χ2n) is 5.44. The molecule has 22 heavy (non-hydrogen) atoms. The predicted molar refractivity (Wildman–Crippen MR) is 89.1 cm³/mol. The van der Waals surface area contributed by atoms with Gasteiger partial charge in [0.1, 0.15) is 5.25 Å². The van der Waals surface area contributed by atoms with Crippen molar-refractivity contribution >= 4 is 16.7 Å². The molecule has 1 saturated heterocycles. The molecule has 2 rings (SSSR count). The third kappa shape index (κ3) is 3.96. The first-order valence-corrected chi connectivity index (χ1v) is 9.27. The molecule has 1 aromatic rings. The Morgan fingerprint density at radius 2 is 1.82 bits per heavy atom. The number of nitrogens with zero attached hydrogens (tertiary/aromatic N) is 1. The number of hydrogen-bond donors (Lipinski definition) is 0. The molecule has 0 bridgehead atoms. The summed E-state index contributed by atoms with van der Waals surface area (Å²) in [5.74, 6) is -0.0268. The molecule has 4 nitrogen and oxygen atoms in total. The van der Waals surface area contributed by atoms with Gasteiger partial charge < -0.3 is 9.64 Å². The van der Waals surface area contributed by atoms with Crippen LogP contribution >= 0.6 is 0 Å². The number of hydrogen-bond acceptors (Lipinski definition) is 3. The summed E-state index contributed by atoms with van der Waals surface area (Å²) in [4.78, 5) is 14.7. The van der Waals surface area contributed by atoms with E-state index in [1.54, 1.807) is 4.90 Å². The van der Waals surface area contributed by atoms with Crippen LogP contribution < -0.4 is 0 Å². The molecule has 1 fully saturated rings. The maximum atomic E-state index is 13.1. The highest BCUT2D eigenvalue weighted by atomic mass is 32.2. The first-order valence-electron chi connectivity index (χ1n) is 7.99. The van der Waals surface area contributed by atoms with Crippen LogP contribution in [0.5, 0.6) is 0 Å². The summed E-state index contributed by atoms with van der Waals surface area (Å²) in [6.45, 7) is 6.48. The first-order chi connectivity index (χ1) is 10.7. The van der Waals surface area contributed by atoms with E-state index in [0.717, 1.165) is 18.4 Å². The maximum absolute atomic E-state index is 13.1. The molecular formula is C17H25NO3S. The zero-order valence-electron chi connectivity index (χ0n) is 13.4. The average Bonchev–Trinajstić information content (AvgIpc) is 2.58. The van der Waals surface area contributed by atoms with Gasteiger partial charge in [0.2, 0.25) is 5.91 Å². The van der Waals surface area contributed by atoms with Crippen LogP contribution in [0.15, 0.2) is 30.3 Å². The molecule has 1 aliphatic heterocycles. The van der Waals surface area contributed by atoms with E-state index in [9.17, 15) is 9.00 Å². The molecule has 1 heterocycles. The molecule has 2 unspecified atom stereocenters. The lowest BCUT2D eigenvalue weighted by Crippen LogP contribution is -2.39. The Kier molecular flexibility index (Phi) is 6.58. The minimum Gasteiger partial charge on any atom is -0.381 e. The van der Waals surface area contributed by atoms with Crippen molar-refractivity contribution < 1.29 is 13.7 Å². The van der Waals surface area contributed by atoms with Crippen LogP contribution in [-0.4, -0.2) is 46.6 Å². The lowest BCUT2D eigenvalue weighted by atomic mass is 10.1. The van der Waals surface area contributed by atoms with Gasteiger partial charge in [-0.05, 0) is 32.3 Å². The summed E-state index contributed by atoms with van der Waals surface area (Å²) in [6.07, 6.45) is 1.53. The van der Waals surface area contributed by atoms with Gasteiger partial charge >= 0.3 is 0 Å². The molecule has 2 atom stereocenters. The van der Waals surface area contributed by atoms with Crippen molar-refractivity contribution in [1.29, 1.82) is 0 Å². The summed E-state index contributed by atoms with van der Waals surface area (Å²) < 4.78 is 18.4. The van der Waals surface area contributed by atoms with E-state index in [1.807, 2.05) is 44.2 Å². The van der Waals surface area contributed by atoms with Crippen molar-refractivity contribution in [1.82, 2.24) is 4.90 Å². The minimum atomic E-state index is -1.22. The normalized spacial score (nSPS) is 18.6. The number of amides is 1. The van der Waals surface area contributed by atoms with Crippen LogP contribution in [0.4, 0.5) is 0 Å². The summed E-state index contributed by atoms with van der Waals surface area (Å²) in [5.41, 5.74) is 0.851. The second-order valence-corrected chi connectivity index (χ2v) is 7.24. The van der Waals surface area contributed by atoms with Crippen molar-refractivity contribution in [2.75, 3.05) is 26.3 Å². The van der Waals surface area contributed by atoms with E-state index in [2.05, 4.69) is 0 Å². The topological polar surface area (TPSA) is 46.6 Å². The van der Waals surface area contributed by atoms with Crippen LogP contribution in [0.3, 0.4) is 0 Å². The predicted octanol–water partition coefficient (Wildman–Crippen LogP) is 2.52. The van der Waals surface area contributed by atoms with Crippen molar-refractivity contribution in [2.45, 2.75) is 37.2 Å². The van der Waals surface area contributed by atoms with Crippen LogP contribution in [0, 0.1) is 0 Å². The zero-order chi connectivity index (χ0) is 15.9. The van der Waals surface area contributed by atoms with Crippen LogP contribution in [0.25, 0.3) is 0 Å². The molecule has 0 N–H and O–H groups in total. The standard InChI is InChI=1S/C17H25NO3S/c1-3-18(4-2)17(19)16(14-8-6-5-7-9-14)22(20)15-10-12-21-13-11-15/h5-9,15-16H,3-4,10-13H2,1-2H3. The van der Waals surface area contributed by atoms with Crippen LogP contribution in [-0.2, 0) is 20.3 Å². The Morgan fingerprint density at radius 1 is 1.23 bits per heavy atom. The lowest BCUT2D eigenvalue weighted by molar-refractivity contribution is -0.130. The molecule has 122 valence electrons. The smallest absolute Gasteiger partial charge is 0.242 e. The van der Waals surface area contributed by atoms with Gasteiger partial charge in [0.15, 0.2) is 0 Å². The average molecular weight is 323 g/mol. The van der Waals surface area contributed by atoms with Gasteiger partial charge in [-0.25, -0.2) is 0 Å². The largest absolute Gasteiger partial charge is 0.381 e. The van der Waals surface area contributed by atoms with E-state index in [0.29, 0.717) is 26.3 Å². The van der Waals surface area contributed by atoms with Gasteiger partial charge in [-0.3, -0.25) is 9.00 Å².